The molecule has 17 heavy (non-hydrogen) atoms. The Morgan fingerprint density at radius 2 is 2.12 bits per heavy atom. The van der Waals surface area contributed by atoms with Gasteiger partial charge in [0.15, 0.2) is 0 Å². The summed E-state index contributed by atoms with van der Waals surface area (Å²) in [6, 6.07) is 9.71. The van der Waals surface area contributed by atoms with Gasteiger partial charge in [-0.05, 0) is 31.5 Å². The average molecular weight is 231 g/mol. The van der Waals surface area contributed by atoms with Gasteiger partial charge in [-0.2, -0.15) is 0 Å². The smallest absolute Gasteiger partial charge is 0.122 e. The molecule has 1 aromatic carbocycles. The zero-order valence-electron chi connectivity index (χ0n) is 10.1. The number of hydrogen-bond donors (Lipinski definition) is 2. The van der Waals surface area contributed by atoms with Crippen LogP contribution in [0.15, 0.2) is 41.0 Å². The van der Waals surface area contributed by atoms with Crippen molar-refractivity contribution in [3.63, 3.8) is 0 Å². The number of benzene rings is 1. The van der Waals surface area contributed by atoms with Crippen LogP contribution in [0.25, 0.3) is 0 Å². The number of para-hydroxylation sites is 1. The van der Waals surface area contributed by atoms with Crippen LogP contribution >= 0.6 is 0 Å². The van der Waals surface area contributed by atoms with Crippen LogP contribution < -0.4 is 5.32 Å². The normalized spacial score (nSPS) is 12.6. The van der Waals surface area contributed by atoms with Gasteiger partial charge in [-0.15, -0.1) is 0 Å². The van der Waals surface area contributed by atoms with Crippen LogP contribution in [-0.2, 0) is 6.54 Å². The van der Waals surface area contributed by atoms with Crippen molar-refractivity contribution in [2.75, 3.05) is 0 Å². The Morgan fingerprint density at radius 1 is 1.29 bits per heavy atom. The first-order valence-corrected chi connectivity index (χ1v) is 5.72. The van der Waals surface area contributed by atoms with Crippen molar-refractivity contribution in [2.45, 2.75) is 26.4 Å². The highest BCUT2D eigenvalue weighted by atomic mass is 16.3. The molecule has 2 rings (SSSR count). The van der Waals surface area contributed by atoms with Crippen LogP contribution in [0, 0.1) is 6.92 Å². The fourth-order valence-electron chi connectivity index (χ4n) is 1.76. The summed E-state index contributed by atoms with van der Waals surface area (Å²) in [5.74, 6) is 1.27. The van der Waals surface area contributed by atoms with Crippen molar-refractivity contribution in [3.8, 4) is 5.75 Å². The van der Waals surface area contributed by atoms with Crippen molar-refractivity contribution >= 4 is 0 Å². The minimum Gasteiger partial charge on any atom is -0.507 e. The number of phenols is 1. The summed E-state index contributed by atoms with van der Waals surface area (Å²) in [7, 11) is 0. The predicted molar refractivity (Wildman–Crippen MR) is 66.8 cm³/mol. The van der Waals surface area contributed by atoms with Crippen LogP contribution in [-0.4, -0.2) is 5.11 Å². The molecule has 2 N–H and O–H groups in total. The highest BCUT2D eigenvalue weighted by Crippen LogP contribution is 2.22. The SMILES string of the molecule is Cc1cccc(CN[C@H](C)c2ccco2)c1O. The van der Waals surface area contributed by atoms with Gasteiger partial charge in [0.1, 0.15) is 11.5 Å². The zero-order chi connectivity index (χ0) is 12.3. The third-order valence-corrected chi connectivity index (χ3v) is 2.89. The highest BCUT2D eigenvalue weighted by molar-refractivity contribution is 5.39. The van der Waals surface area contributed by atoms with Crippen LogP contribution in [0.5, 0.6) is 5.75 Å². The first-order valence-electron chi connectivity index (χ1n) is 5.72. The minimum atomic E-state index is 0.130. The molecule has 0 bridgehead atoms. The second-order valence-corrected chi connectivity index (χ2v) is 4.20. The Labute approximate surface area is 101 Å². The van der Waals surface area contributed by atoms with E-state index in [4.69, 9.17) is 4.42 Å². The molecular formula is C14H17NO2. The van der Waals surface area contributed by atoms with Gasteiger partial charge in [-0.1, -0.05) is 18.2 Å². The summed E-state index contributed by atoms with van der Waals surface area (Å²) in [6.07, 6.45) is 1.66. The summed E-state index contributed by atoms with van der Waals surface area (Å²) in [5.41, 5.74) is 1.80. The number of aromatic hydroxyl groups is 1. The van der Waals surface area contributed by atoms with E-state index in [-0.39, 0.29) is 6.04 Å². The van der Waals surface area contributed by atoms with E-state index in [1.54, 1.807) is 6.26 Å². The van der Waals surface area contributed by atoms with Gasteiger partial charge in [0.05, 0.1) is 12.3 Å². The van der Waals surface area contributed by atoms with Crippen LogP contribution in [0.2, 0.25) is 0 Å². The first kappa shape index (κ1) is 11.7. The van der Waals surface area contributed by atoms with Gasteiger partial charge in [0.25, 0.3) is 0 Å². The van der Waals surface area contributed by atoms with E-state index < -0.39 is 0 Å². The van der Waals surface area contributed by atoms with Gasteiger partial charge in [0.2, 0.25) is 0 Å². The van der Waals surface area contributed by atoms with Crippen LogP contribution in [0.4, 0.5) is 0 Å². The molecule has 0 saturated heterocycles. The van der Waals surface area contributed by atoms with E-state index in [9.17, 15) is 5.11 Å². The maximum Gasteiger partial charge on any atom is 0.122 e. The molecule has 1 atom stereocenters. The second-order valence-electron chi connectivity index (χ2n) is 4.20. The number of hydrogen-bond acceptors (Lipinski definition) is 3. The lowest BCUT2D eigenvalue weighted by atomic mass is 10.1. The van der Waals surface area contributed by atoms with E-state index in [0.29, 0.717) is 12.3 Å². The van der Waals surface area contributed by atoms with E-state index >= 15 is 0 Å². The number of aryl methyl sites for hydroxylation is 1. The van der Waals surface area contributed by atoms with Crippen LogP contribution in [0.3, 0.4) is 0 Å². The molecule has 1 aromatic heterocycles. The zero-order valence-corrected chi connectivity index (χ0v) is 10.1. The third-order valence-electron chi connectivity index (χ3n) is 2.89. The average Bonchev–Trinajstić information content (AvgIpc) is 2.84. The fraction of sp³-hybridized carbons (Fsp3) is 0.286. The Bertz CT molecular complexity index is 477. The Hall–Kier alpha value is -1.74. The molecule has 0 unspecified atom stereocenters. The monoisotopic (exact) mass is 231 g/mol. The van der Waals surface area contributed by atoms with Crippen molar-refractivity contribution in [2.24, 2.45) is 0 Å². The maximum absolute atomic E-state index is 9.88. The molecule has 0 saturated carbocycles. The van der Waals surface area contributed by atoms with E-state index in [1.807, 2.05) is 44.2 Å². The van der Waals surface area contributed by atoms with Crippen molar-refractivity contribution in [1.82, 2.24) is 5.32 Å². The van der Waals surface area contributed by atoms with Gasteiger partial charge in [-0.25, -0.2) is 0 Å². The summed E-state index contributed by atoms with van der Waals surface area (Å²) < 4.78 is 5.31. The number of rotatable bonds is 4. The molecule has 3 nitrogen and oxygen atoms in total. The number of nitrogens with one attached hydrogen (secondary N) is 1. The standard InChI is InChI=1S/C14H17NO2/c1-10-5-3-6-12(14(10)16)9-15-11(2)13-7-4-8-17-13/h3-8,11,15-16H,9H2,1-2H3/t11-/m1/s1. The highest BCUT2D eigenvalue weighted by Gasteiger charge is 2.09. The Balaban J connectivity index is 2.00. The molecule has 0 spiro atoms. The fourth-order valence-corrected chi connectivity index (χ4v) is 1.76. The summed E-state index contributed by atoms with van der Waals surface area (Å²) in [6.45, 7) is 4.55. The van der Waals surface area contributed by atoms with E-state index in [0.717, 1.165) is 16.9 Å². The molecule has 3 heteroatoms. The molecule has 0 radical (unpaired) electrons. The molecule has 1 heterocycles. The second kappa shape index (κ2) is 5.06. The van der Waals surface area contributed by atoms with Gasteiger partial charge in [-0.3, -0.25) is 0 Å². The molecule has 0 aliphatic rings. The minimum absolute atomic E-state index is 0.130. The summed E-state index contributed by atoms with van der Waals surface area (Å²) >= 11 is 0. The lowest BCUT2D eigenvalue weighted by Gasteiger charge is -2.13. The lowest BCUT2D eigenvalue weighted by molar-refractivity contribution is 0.421. The largest absolute Gasteiger partial charge is 0.507 e. The third kappa shape index (κ3) is 2.68. The van der Waals surface area contributed by atoms with Crippen LogP contribution in [0.1, 0.15) is 29.9 Å². The van der Waals surface area contributed by atoms with Crippen molar-refractivity contribution < 1.29 is 9.52 Å². The topological polar surface area (TPSA) is 45.4 Å². The number of phenolic OH excluding ortho intramolecular Hbond substituents is 1. The predicted octanol–water partition coefficient (Wildman–Crippen LogP) is 3.14. The van der Waals surface area contributed by atoms with Crippen molar-refractivity contribution in [3.05, 3.63) is 53.5 Å². The Kier molecular flexibility index (Phi) is 3.49. The van der Waals surface area contributed by atoms with Gasteiger partial charge < -0.3 is 14.8 Å². The molecule has 2 aromatic rings. The lowest BCUT2D eigenvalue weighted by Crippen LogP contribution is -2.17. The molecule has 0 amide bonds. The molecule has 90 valence electrons. The van der Waals surface area contributed by atoms with E-state index in [1.165, 1.54) is 0 Å². The molecule has 0 aliphatic carbocycles. The van der Waals surface area contributed by atoms with Crippen molar-refractivity contribution in [1.29, 1.82) is 0 Å². The molecule has 0 fully saturated rings. The van der Waals surface area contributed by atoms with Gasteiger partial charge >= 0.3 is 0 Å². The quantitative estimate of drug-likeness (QED) is 0.849. The summed E-state index contributed by atoms with van der Waals surface area (Å²) in [5, 5.41) is 13.2. The summed E-state index contributed by atoms with van der Waals surface area (Å²) in [4.78, 5) is 0. The molecule has 0 aliphatic heterocycles. The first-order chi connectivity index (χ1) is 8.18. The molecular weight excluding hydrogens is 214 g/mol. The Morgan fingerprint density at radius 3 is 2.82 bits per heavy atom. The maximum atomic E-state index is 9.88. The van der Waals surface area contributed by atoms with Gasteiger partial charge in [0, 0.05) is 12.1 Å². The number of furan rings is 1. The van der Waals surface area contributed by atoms with E-state index in [2.05, 4.69) is 5.32 Å².